The number of aliphatic carboxylic acids is 1. The van der Waals surface area contributed by atoms with E-state index in [4.69, 9.17) is 0 Å². The highest BCUT2D eigenvalue weighted by atomic mass is 32.2. The summed E-state index contributed by atoms with van der Waals surface area (Å²) in [4.78, 5) is 26.7. The molecule has 6 heteroatoms. The van der Waals surface area contributed by atoms with Gasteiger partial charge in [-0.05, 0) is 11.6 Å². The maximum Gasteiger partial charge on any atom is 0.327 e. The zero-order valence-electron chi connectivity index (χ0n) is 10.8. The number of nitrogens with zero attached hydrogens (tertiary/aromatic N) is 1. The average Bonchev–Trinajstić information content (AvgIpc) is 2.90. The lowest BCUT2D eigenvalue weighted by Gasteiger charge is -2.34. The van der Waals surface area contributed by atoms with Crippen molar-refractivity contribution in [3.05, 3.63) is 29.8 Å². The van der Waals surface area contributed by atoms with Crippen molar-refractivity contribution in [2.45, 2.75) is 16.9 Å². The third-order valence-corrected chi connectivity index (χ3v) is 5.90. The first kappa shape index (κ1) is 13.8. The van der Waals surface area contributed by atoms with Gasteiger partial charge in [0.05, 0.1) is 5.92 Å². The second-order valence-electron chi connectivity index (χ2n) is 4.86. The summed E-state index contributed by atoms with van der Waals surface area (Å²) in [6.07, 6.45) is 0. The van der Waals surface area contributed by atoms with E-state index in [1.54, 1.807) is 28.4 Å². The maximum atomic E-state index is 12.7. The van der Waals surface area contributed by atoms with Gasteiger partial charge in [0.15, 0.2) is 0 Å². The summed E-state index contributed by atoms with van der Waals surface area (Å²) in [6, 6.07) is 7.22. The Balaban J connectivity index is 1.84. The molecule has 0 bridgehead atoms. The fraction of sp³-hybridized carbons (Fsp3) is 0.429. The third-order valence-electron chi connectivity index (χ3n) is 3.69. The summed E-state index contributed by atoms with van der Waals surface area (Å²) >= 11 is 3.28. The Morgan fingerprint density at radius 2 is 2.05 bits per heavy atom. The van der Waals surface area contributed by atoms with E-state index in [0.717, 1.165) is 16.2 Å². The molecule has 2 aliphatic heterocycles. The molecule has 106 valence electrons. The van der Waals surface area contributed by atoms with Gasteiger partial charge in [0, 0.05) is 28.7 Å². The number of carbonyl (C=O) groups is 2. The van der Waals surface area contributed by atoms with Crippen LogP contribution in [0.2, 0.25) is 0 Å². The van der Waals surface area contributed by atoms with Gasteiger partial charge in [-0.1, -0.05) is 18.2 Å². The fourth-order valence-corrected chi connectivity index (χ4v) is 4.90. The number of hydrogen-bond donors (Lipinski definition) is 1. The summed E-state index contributed by atoms with van der Waals surface area (Å²) in [6.45, 7) is 0.532. The Morgan fingerprint density at radius 3 is 2.85 bits per heavy atom. The molecule has 0 aromatic heterocycles. The molecular formula is C14H15NO3S2. The topological polar surface area (TPSA) is 57.6 Å². The molecule has 1 aromatic carbocycles. The van der Waals surface area contributed by atoms with Gasteiger partial charge in [-0.25, -0.2) is 4.79 Å². The molecular weight excluding hydrogens is 294 g/mol. The lowest BCUT2D eigenvalue weighted by atomic mass is 9.99. The number of amides is 1. The van der Waals surface area contributed by atoms with Crippen molar-refractivity contribution in [1.29, 1.82) is 0 Å². The van der Waals surface area contributed by atoms with Crippen molar-refractivity contribution in [3.63, 3.8) is 0 Å². The number of hydrogen-bond acceptors (Lipinski definition) is 4. The van der Waals surface area contributed by atoms with E-state index in [-0.39, 0.29) is 11.8 Å². The highest BCUT2D eigenvalue weighted by Crippen LogP contribution is 2.40. The van der Waals surface area contributed by atoms with Gasteiger partial charge in [-0.3, -0.25) is 4.79 Å². The predicted octanol–water partition coefficient (Wildman–Crippen LogP) is 1.90. The minimum atomic E-state index is -0.899. The van der Waals surface area contributed by atoms with E-state index in [9.17, 15) is 14.7 Å². The molecule has 0 aliphatic carbocycles. The largest absolute Gasteiger partial charge is 0.480 e. The fourth-order valence-electron chi connectivity index (χ4n) is 2.64. The molecule has 2 unspecified atom stereocenters. The molecule has 2 atom stereocenters. The van der Waals surface area contributed by atoms with Gasteiger partial charge < -0.3 is 10.0 Å². The van der Waals surface area contributed by atoms with Crippen LogP contribution in [-0.2, 0) is 9.59 Å². The van der Waals surface area contributed by atoms with Crippen molar-refractivity contribution in [3.8, 4) is 0 Å². The zero-order valence-corrected chi connectivity index (χ0v) is 12.5. The van der Waals surface area contributed by atoms with Gasteiger partial charge in [0.25, 0.3) is 0 Å². The lowest BCUT2D eigenvalue weighted by molar-refractivity contribution is -0.149. The van der Waals surface area contributed by atoms with Crippen molar-refractivity contribution in [1.82, 2.24) is 4.90 Å². The molecule has 1 aromatic rings. The van der Waals surface area contributed by atoms with Gasteiger partial charge in [0.1, 0.15) is 6.04 Å². The Bertz CT molecular complexity index is 549. The highest BCUT2D eigenvalue weighted by Gasteiger charge is 2.38. The van der Waals surface area contributed by atoms with E-state index in [1.165, 1.54) is 0 Å². The third kappa shape index (κ3) is 2.42. The number of thioether (sulfide) groups is 2. The van der Waals surface area contributed by atoms with Crippen molar-refractivity contribution in [2.24, 2.45) is 0 Å². The molecule has 20 heavy (non-hydrogen) atoms. The summed E-state index contributed by atoms with van der Waals surface area (Å²) in [5.74, 6) is 0.897. The van der Waals surface area contributed by atoms with E-state index >= 15 is 0 Å². The summed E-state index contributed by atoms with van der Waals surface area (Å²) in [5.41, 5.74) is 1.05. The van der Waals surface area contributed by atoms with E-state index < -0.39 is 12.0 Å². The summed E-state index contributed by atoms with van der Waals surface area (Å²) in [5, 5.41) is 9.28. The molecule has 0 saturated carbocycles. The monoisotopic (exact) mass is 309 g/mol. The number of carbonyl (C=O) groups excluding carboxylic acids is 1. The Hall–Kier alpha value is -1.14. The predicted molar refractivity (Wildman–Crippen MR) is 80.4 cm³/mol. The highest BCUT2D eigenvalue weighted by molar-refractivity contribution is 7.99. The summed E-state index contributed by atoms with van der Waals surface area (Å²) < 4.78 is 0. The van der Waals surface area contributed by atoms with Crippen LogP contribution in [0.25, 0.3) is 0 Å². The smallest absolute Gasteiger partial charge is 0.327 e. The first-order valence-corrected chi connectivity index (χ1v) is 8.65. The molecule has 2 aliphatic rings. The number of rotatable bonds is 2. The van der Waals surface area contributed by atoms with Crippen LogP contribution in [0.15, 0.2) is 29.2 Å². The Labute approximate surface area is 125 Å². The maximum absolute atomic E-state index is 12.7. The summed E-state index contributed by atoms with van der Waals surface area (Å²) in [7, 11) is 0. The second kappa shape index (κ2) is 5.69. The molecule has 3 rings (SSSR count). The van der Waals surface area contributed by atoms with Crippen LogP contribution in [0.3, 0.4) is 0 Å². The molecule has 4 nitrogen and oxygen atoms in total. The molecule has 1 N–H and O–H groups in total. The average molecular weight is 309 g/mol. The second-order valence-corrected chi connectivity index (χ2v) is 7.07. The first-order valence-electron chi connectivity index (χ1n) is 6.51. The van der Waals surface area contributed by atoms with Crippen molar-refractivity contribution >= 4 is 35.4 Å². The van der Waals surface area contributed by atoms with E-state index in [0.29, 0.717) is 18.1 Å². The van der Waals surface area contributed by atoms with Gasteiger partial charge in [-0.2, -0.15) is 11.8 Å². The first-order chi connectivity index (χ1) is 9.68. The van der Waals surface area contributed by atoms with Crippen molar-refractivity contribution in [2.75, 3.05) is 23.8 Å². The standard InChI is InChI=1S/C14H15NO3S2/c16-13(15-5-6-19-8-11(15)14(17)18)10-7-20-12-4-2-1-3-9(10)12/h1-4,10-11H,5-8H2,(H,17,18). The minimum absolute atomic E-state index is 0.0323. The SMILES string of the molecule is O=C(O)C1CSCCN1C(=O)C1CSc2ccccc21. The van der Waals surface area contributed by atoms with Crippen LogP contribution in [0.5, 0.6) is 0 Å². The number of carboxylic acids is 1. The Morgan fingerprint density at radius 1 is 1.25 bits per heavy atom. The molecule has 2 heterocycles. The normalized spacial score (nSPS) is 25.3. The van der Waals surface area contributed by atoms with Crippen molar-refractivity contribution < 1.29 is 14.7 Å². The van der Waals surface area contributed by atoms with Crippen LogP contribution in [0.1, 0.15) is 11.5 Å². The molecule has 1 saturated heterocycles. The number of fused-ring (bicyclic) bond motifs is 1. The van der Waals surface area contributed by atoms with Crippen LogP contribution in [0, 0.1) is 0 Å². The van der Waals surface area contributed by atoms with Gasteiger partial charge in [-0.15, -0.1) is 11.8 Å². The van der Waals surface area contributed by atoms with Gasteiger partial charge in [0.2, 0.25) is 5.91 Å². The number of carboxylic acid groups (broad SMARTS) is 1. The molecule has 0 spiro atoms. The van der Waals surface area contributed by atoms with Crippen LogP contribution in [-0.4, -0.2) is 51.7 Å². The van der Waals surface area contributed by atoms with Crippen LogP contribution in [0.4, 0.5) is 0 Å². The quantitative estimate of drug-likeness (QED) is 0.904. The lowest BCUT2D eigenvalue weighted by Crippen LogP contribution is -2.51. The molecule has 1 amide bonds. The minimum Gasteiger partial charge on any atom is -0.480 e. The Kier molecular flexibility index (Phi) is 3.94. The molecule has 0 radical (unpaired) electrons. The van der Waals surface area contributed by atoms with E-state index in [2.05, 4.69) is 0 Å². The van der Waals surface area contributed by atoms with Crippen LogP contribution >= 0.6 is 23.5 Å². The number of benzene rings is 1. The zero-order chi connectivity index (χ0) is 14.1. The van der Waals surface area contributed by atoms with E-state index in [1.807, 2.05) is 24.3 Å². The van der Waals surface area contributed by atoms with Crippen LogP contribution < -0.4 is 0 Å². The van der Waals surface area contributed by atoms with Gasteiger partial charge >= 0.3 is 5.97 Å². The molecule has 1 fully saturated rings.